The van der Waals surface area contributed by atoms with E-state index < -0.39 is 37.7 Å². The van der Waals surface area contributed by atoms with Crippen molar-refractivity contribution < 1.29 is 40.6 Å². The van der Waals surface area contributed by atoms with Crippen molar-refractivity contribution in [3.63, 3.8) is 0 Å². The molecule has 2 fully saturated rings. The highest BCUT2D eigenvalue weighted by molar-refractivity contribution is 5.85. The molecule has 0 radical (unpaired) electrons. The first-order chi connectivity index (χ1) is 19.5. The van der Waals surface area contributed by atoms with Gasteiger partial charge < -0.3 is 14.2 Å². The summed E-state index contributed by atoms with van der Waals surface area (Å²) in [6.45, 7) is 0.0249. The zero-order valence-electron chi connectivity index (χ0n) is 23.8. The Labute approximate surface area is 249 Å². The molecule has 4 atom stereocenters. The molecule has 0 saturated carbocycles. The average molecular weight is 625 g/mol. The lowest BCUT2D eigenvalue weighted by atomic mass is 9.90. The second kappa shape index (κ2) is 15.0. The summed E-state index contributed by atoms with van der Waals surface area (Å²) in [7, 11) is 3.08. The molecule has 2 aromatic rings. The molecule has 5 nitrogen and oxygen atoms in total. The summed E-state index contributed by atoms with van der Waals surface area (Å²) in [4.78, 5) is 3.14. The van der Waals surface area contributed by atoms with Gasteiger partial charge in [-0.1, -0.05) is 24.3 Å². The van der Waals surface area contributed by atoms with Gasteiger partial charge >= 0.3 is 12.4 Å². The van der Waals surface area contributed by atoms with Crippen molar-refractivity contribution in [2.45, 2.75) is 62.1 Å². The standard InChI is InChI=1S/C30H38F6N2O3.ClH/c1-39-25-11-3-7-21(15-25)23-9-5-13-37(17-23)19-27(29(31,32)33)41-28(30(34,35)36)20-38-14-6-10-24(18-38)22-8-4-12-26(16-22)40-2;/h3-4,7-8,11-12,15-16,23-24,27-28H,5-6,9-10,13-14,17-20H2,1-2H3;1H/t23?,24?,27-,28-;/m0./s1. The van der Waals surface area contributed by atoms with E-state index in [1.54, 1.807) is 21.9 Å². The monoisotopic (exact) mass is 624 g/mol. The summed E-state index contributed by atoms with van der Waals surface area (Å²) >= 11 is 0. The fraction of sp³-hybridized carbons (Fsp3) is 0.600. The number of rotatable bonds is 10. The fourth-order valence-corrected chi connectivity index (χ4v) is 5.89. The zero-order valence-corrected chi connectivity index (χ0v) is 24.6. The van der Waals surface area contributed by atoms with Crippen LogP contribution in [-0.4, -0.2) is 87.8 Å². The van der Waals surface area contributed by atoms with Crippen LogP contribution < -0.4 is 9.47 Å². The number of halogens is 7. The van der Waals surface area contributed by atoms with Gasteiger partial charge in [0.25, 0.3) is 0 Å². The predicted octanol–water partition coefficient (Wildman–Crippen LogP) is 7.06. The topological polar surface area (TPSA) is 34.2 Å². The summed E-state index contributed by atoms with van der Waals surface area (Å²) in [6, 6.07) is 14.7. The molecule has 2 unspecified atom stereocenters. The Bertz CT molecular complexity index is 1030. The first-order valence-electron chi connectivity index (χ1n) is 14.0. The number of benzene rings is 2. The van der Waals surface area contributed by atoms with Crippen LogP contribution in [0.25, 0.3) is 0 Å². The van der Waals surface area contributed by atoms with Crippen molar-refractivity contribution in [3.8, 4) is 11.5 Å². The summed E-state index contributed by atoms with van der Waals surface area (Å²) in [6.07, 6.45) is -12.2. The summed E-state index contributed by atoms with van der Waals surface area (Å²) in [5, 5.41) is 0. The molecule has 4 rings (SSSR count). The van der Waals surface area contributed by atoms with Crippen LogP contribution in [0.15, 0.2) is 48.5 Å². The minimum absolute atomic E-state index is 0. The predicted molar refractivity (Wildman–Crippen MR) is 151 cm³/mol. The first kappa shape index (κ1) is 34.3. The van der Waals surface area contributed by atoms with E-state index in [1.165, 1.54) is 14.2 Å². The fourth-order valence-electron chi connectivity index (χ4n) is 5.89. The highest BCUT2D eigenvalue weighted by Gasteiger charge is 2.50. The SMILES string of the molecule is COc1cccc(C2CCCN(C[C@H](O[C@@H](CN3CCCC(c4cccc(OC)c4)C3)C(F)(F)F)C(F)(F)F)C2)c1.Cl. The number of nitrogens with zero attached hydrogens (tertiary/aromatic N) is 2. The Morgan fingerprint density at radius 3 is 1.48 bits per heavy atom. The van der Waals surface area contributed by atoms with Crippen LogP contribution >= 0.6 is 12.4 Å². The molecular weight excluding hydrogens is 586 g/mol. The van der Waals surface area contributed by atoms with E-state index in [9.17, 15) is 26.3 Å². The summed E-state index contributed by atoms with van der Waals surface area (Å²) in [5.41, 5.74) is 1.87. The molecule has 42 heavy (non-hydrogen) atoms. The van der Waals surface area contributed by atoms with Gasteiger partial charge in [0.1, 0.15) is 11.5 Å². The van der Waals surface area contributed by atoms with E-state index in [0.717, 1.165) is 24.0 Å². The third-order valence-electron chi connectivity index (χ3n) is 8.05. The highest BCUT2D eigenvalue weighted by Crippen LogP contribution is 2.35. The van der Waals surface area contributed by atoms with Crippen LogP contribution in [0.4, 0.5) is 26.3 Å². The third kappa shape index (κ3) is 9.39. The molecule has 0 bridgehead atoms. The van der Waals surface area contributed by atoms with Crippen molar-refractivity contribution >= 4 is 12.4 Å². The molecule has 2 aliphatic heterocycles. The Hall–Kier alpha value is -2.21. The lowest BCUT2D eigenvalue weighted by Crippen LogP contribution is -2.52. The zero-order chi connectivity index (χ0) is 29.6. The van der Waals surface area contributed by atoms with Gasteiger partial charge in [0.2, 0.25) is 0 Å². The number of likely N-dealkylation sites (tertiary alicyclic amines) is 2. The normalized spacial score (nSPS) is 22.2. The van der Waals surface area contributed by atoms with Crippen LogP contribution in [0, 0.1) is 0 Å². The first-order valence-corrected chi connectivity index (χ1v) is 14.0. The van der Waals surface area contributed by atoms with Crippen LogP contribution in [0.1, 0.15) is 48.6 Å². The average Bonchev–Trinajstić information content (AvgIpc) is 2.95. The number of alkyl halides is 6. The Morgan fingerprint density at radius 1 is 0.714 bits per heavy atom. The van der Waals surface area contributed by atoms with Gasteiger partial charge in [-0.3, -0.25) is 9.80 Å². The summed E-state index contributed by atoms with van der Waals surface area (Å²) in [5.74, 6) is 1.20. The van der Waals surface area contributed by atoms with E-state index in [4.69, 9.17) is 14.2 Å². The van der Waals surface area contributed by atoms with Crippen LogP contribution in [0.5, 0.6) is 11.5 Å². The smallest absolute Gasteiger partial charge is 0.415 e. The number of methoxy groups -OCH3 is 2. The maximum atomic E-state index is 14.1. The third-order valence-corrected chi connectivity index (χ3v) is 8.05. The van der Waals surface area contributed by atoms with E-state index in [0.29, 0.717) is 50.5 Å². The number of piperidine rings is 2. The molecule has 0 spiro atoms. The Morgan fingerprint density at radius 2 is 1.12 bits per heavy atom. The van der Waals surface area contributed by atoms with E-state index in [1.807, 2.05) is 36.4 Å². The largest absolute Gasteiger partial charge is 0.497 e. The molecule has 2 saturated heterocycles. The second-order valence-corrected chi connectivity index (χ2v) is 10.9. The van der Waals surface area contributed by atoms with Gasteiger partial charge in [-0.2, -0.15) is 26.3 Å². The molecule has 12 heteroatoms. The van der Waals surface area contributed by atoms with E-state index in [2.05, 4.69) is 0 Å². The Balaban J connectivity index is 0.00000484. The highest BCUT2D eigenvalue weighted by atomic mass is 35.5. The maximum absolute atomic E-state index is 14.1. The Kier molecular flexibility index (Phi) is 12.2. The van der Waals surface area contributed by atoms with Crippen molar-refractivity contribution in [1.82, 2.24) is 9.80 Å². The second-order valence-electron chi connectivity index (χ2n) is 10.9. The molecule has 2 aliphatic rings. The van der Waals surface area contributed by atoms with E-state index >= 15 is 0 Å². The van der Waals surface area contributed by atoms with Gasteiger partial charge in [0.15, 0.2) is 12.2 Å². The van der Waals surface area contributed by atoms with Crippen LogP contribution in [0.2, 0.25) is 0 Å². The molecule has 2 heterocycles. The molecule has 0 N–H and O–H groups in total. The van der Waals surface area contributed by atoms with Gasteiger partial charge in [0.05, 0.1) is 14.2 Å². The molecule has 0 amide bonds. The molecule has 0 aromatic heterocycles. The van der Waals surface area contributed by atoms with Crippen molar-refractivity contribution in [2.24, 2.45) is 0 Å². The molecule has 0 aliphatic carbocycles. The van der Waals surface area contributed by atoms with E-state index in [-0.39, 0.29) is 24.2 Å². The number of hydrogen-bond donors (Lipinski definition) is 0. The van der Waals surface area contributed by atoms with Gasteiger partial charge in [-0.05, 0) is 86.0 Å². The minimum atomic E-state index is -4.95. The van der Waals surface area contributed by atoms with Crippen molar-refractivity contribution in [2.75, 3.05) is 53.5 Å². The molecule has 2 aromatic carbocycles. The minimum Gasteiger partial charge on any atom is -0.497 e. The van der Waals surface area contributed by atoms with Gasteiger partial charge in [0, 0.05) is 26.2 Å². The van der Waals surface area contributed by atoms with Crippen molar-refractivity contribution in [3.05, 3.63) is 59.7 Å². The van der Waals surface area contributed by atoms with Crippen LogP contribution in [-0.2, 0) is 4.74 Å². The molecular formula is C30H39ClF6N2O3. The van der Waals surface area contributed by atoms with Gasteiger partial charge in [-0.25, -0.2) is 0 Å². The van der Waals surface area contributed by atoms with Gasteiger partial charge in [-0.15, -0.1) is 12.4 Å². The maximum Gasteiger partial charge on any atom is 0.415 e. The van der Waals surface area contributed by atoms with Crippen molar-refractivity contribution in [1.29, 1.82) is 0 Å². The lowest BCUT2D eigenvalue weighted by molar-refractivity contribution is -0.290. The lowest BCUT2D eigenvalue weighted by Gasteiger charge is -2.39. The summed E-state index contributed by atoms with van der Waals surface area (Å²) < 4.78 is 100. The molecule has 236 valence electrons. The van der Waals surface area contributed by atoms with Crippen LogP contribution in [0.3, 0.4) is 0 Å². The quantitative estimate of drug-likeness (QED) is 0.264. The number of hydrogen-bond acceptors (Lipinski definition) is 5. The number of ether oxygens (including phenoxy) is 3.